The van der Waals surface area contributed by atoms with E-state index in [1.54, 1.807) is 4.90 Å². The van der Waals surface area contributed by atoms with Crippen molar-refractivity contribution in [3.8, 4) is 0 Å². The fraction of sp³-hybridized carbons (Fsp3) is 0.375. The summed E-state index contributed by atoms with van der Waals surface area (Å²) in [4.78, 5) is 39.5. The van der Waals surface area contributed by atoms with Crippen LogP contribution in [-0.2, 0) is 9.59 Å². The fourth-order valence-electron chi connectivity index (χ4n) is 4.84. The summed E-state index contributed by atoms with van der Waals surface area (Å²) < 4.78 is 14.2. The summed E-state index contributed by atoms with van der Waals surface area (Å²) in [5.41, 5.74) is 0.779. The summed E-state index contributed by atoms with van der Waals surface area (Å²) >= 11 is 6.06. The lowest BCUT2D eigenvalue weighted by molar-refractivity contribution is -0.150. The van der Waals surface area contributed by atoms with Gasteiger partial charge in [0.2, 0.25) is 0 Å². The molecule has 7 nitrogen and oxygen atoms in total. The van der Waals surface area contributed by atoms with E-state index in [0.29, 0.717) is 26.1 Å². The van der Waals surface area contributed by atoms with Gasteiger partial charge < -0.3 is 20.2 Å². The molecule has 4 rings (SSSR count). The highest BCUT2D eigenvalue weighted by Gasteiger charge is 2.42. The van der Waals surface area contributed by atoms with Gasteiger partial charge in [0.1, 0.15) is 5.82 Å². The molecule has 0 saturated carbocycles. The van der Waals surface area contributed by atoms with Gasteiger partial charge in [-0.2, -0.15) is 0 Å². The van der Waals surface area contributed by atoms with Gasteiger partial charge in [0.25, 0.3) is 5.91 Å². The number of amides is 2. The van der Waals surface area contributed by atoms with E-state index in [1.165, 1.54) is 18.2 Å². The maximum atomic E-state index is 14.2. The number of likely N-dealkylation sites (tertiary alicyclic amines) is 2. The molecule has 9 heteroatoms. The first kappa shape index (κ1) is 23.2. The van der Waals surface area contributed by atoms with Crippen molar-refractivity contribution in [3.63, 3.8) is 0 Å². The van der Waals surface area contributed by atoms with Crippen LogP contribution in [0.5, 0.6) is 0 Å². The van der Waals surface area contributed by atoms with Crippen LogP contribution in [0, 0.1) is 17.7 Å². The maximum Gasteiger partial charge on any atom is 0.394 e. The van der Waals surface area contributed by atoms with Crippen molar-refractivity contribution in [1.82, 2.24) is 15.1 Å². The van der Waals surface area contributed by atoms with Gasteiger partial charge in [-0.15, -0.1) is 0 Å². The second-order valence-electron chi connectivity index (χ2n) is 8.62. The molecule has 33 heavy (non-hydrogen) atoms. The number of hydrogen-bond acceptors (Lipinski definition) is 4. The average molecular weight is 474 g/mol. The zero-order chi connectivity index (χ0) is 23.5. The third kappa shape index (κ3) is 5.17. The highest BCUT2D eigenvalue weighted by Crippen LogP contribution is 2.33. The van der Waals surface area contributed by atoms with Gasteiger partial charge >= 0.3 is 11.9 Å². The first-order valence-corrected chi connectivity index (χ1v) is 11.3. The predicted molar refractivity (Wildman–Crippen MR) is 120 cm³/mol. The van der Waals surface area contributed by atoms with Crippen molar-refractivity contribution >= 4 is 29.4 Å². The Kier molecular flexibility index (Phi) is 6.95. The fourth-order valence-corrected chi connectivity index (χ4v) is 5.08. The smallest absolute Gasteiger partial charge is 0.394 e. The van der Waals surface area contributed by atoms with E-state index in [2.05, 4.69) is 10.2 Å². The molecule has 2 aromatic carbocycles. The Balaban J connectivity index is 1.34. The van der Waals surface area contributed by atoms with Crippen LogP contribution < -0.4 is 5.32 Å². The second kappa shape index (κ2) is 9.89. The number of carboxylic acid groups (broad SMARTS) is 1. The zero-order valence-electron chi connectivity index (χ0n) is 17.9. The molecule has 2 heterocycles. The van der Waals surface area contributed by atoms with E-state index in [0.717, 1.165) is 18.7 Å². The number of nitrogens with zero attached hydrogens (tertiary/aromatic N) is 2. The molecule has 2 saturated heterocycles. The van der Waals surface area contributed by atoms with Gasteiger partial charge in [-0.1, -0.05) is 48.0 Å². The van der Waals surface area contributed by atoms with Crippen molar-refractivity contribution in [2.24, 2.45) is 11.8 Å². The lowest BCUT2D eigenvalue weighted by Gasteiger charge is -2.24. The molecule has 0 bridgehead atoms. The molecule has 0 spiro atoms. The molecule has 2 aromatic rings. The Hall–Kier alpha value is -2.97. The summed E-state index contributed by atoms with van der Waals surface area (Å²) in [6.07, 6.45) is 0.565. The van der Waals surface area contributed by atoms with Crippen LogP contribution in [0.3, 0.4) is 0 Å². The topological polar surface area (TPSA) is 89.9 Å². The van der Waals surface area contributed by atoms with Crippen molar-refractivity contribution in [2.45, 2.75) is 12.5 Å². The van der Waals surface area contributed by atoms with Crippen molar-refractivity contribution in [2.75, 3.05) is 32.7 Å². The van der Waals surface area contributed by atoms with Gasteiger partial charge in [-0.25, -0.2) is 9.18 Å². The number of carbonyl (C=O) groups is 3. The Morgan fingerprint density at radius 2 is 1.70 bits per heavy atom. The number of fused-ring (bicyclic) bond motifs is 1. The van der Waals surface area contributed by atoms with Crippen molar-refractivity contribution < 1.29 is 23.9 Å². The first-order chi connectivity index (χ1) is 15.8. The number of hydrogen-bond donors (Lipinski definition) is 2. The number of benzene rings is 2. The van der Waals surface area contributed by atoms with E-state index in [1.807, 2.05) is 30.3 Å². The summed E-state index contributed by atoms with van der Waals surface area (Å²) in [5.74, 6) is -2.96. The Labute approximate surface area is 196 Å². The molecule has 2 amide bonds. The highest BCUT2D eigenvalue weighted by atomic mass is 35.5. The first-order valence-electron chi connectivity index (χ1n) is 10.9. The molecule has 2 fully saturated rings. The molecular weight excluding hydrogens is 449 g/mol. The maximum absolute atomic E-state index is 14.2. The number of nitrogens with one attached hydrogen (secondary N) is 1. The average Bonchev–Trinajstić information content (AvgIpc) is 3.35. The molecule has 2 aliphatic heterocycles. The Morgan fingerprint density at radius 3 is 2.30 bits per heavy atom. The number of halogens is 2. The normalized spacial score (nSPS) is 21.0. The van der Waals surface area contributed by atoms with Crippen LogP contribution in [0.1, 0.15) is 28.4 Å². The molecule has 2 N–H and O–H groups in total. The van der Waals surface area contributed by atoms with E-state index in [-0.39, 0.29) is 28.3 Å². The van der Waals surface area contributed by atoms with Gasteiger partial charge in [0.05, 0.1) is 16.6 Å². The van der Waals surface area contributed by atoms with Crippen LogP contribution in [0.4, 0.5) is 4.39 Å². The van der Waals surface area contributed by atoms with Crippen LogP contribution >= 0.6 is 11.6 Å². The number of rotatable bonds is 6. The van der Waals surface area contributed by atoms with Crippen molar-refractivity contribution in [1.29, 1.82) is 0 Å². The third-order valence-electron chi connectivity index (χ3n) is 6.46. The summed E-state index contributed by atoms with van der Waals surface area (Å²) in [7, 11) is 0. The molecular formula is C24H25ClFN3O4. The van der Waals surface area contributed by atoms with Crippen LogP contribution in [0.15, 0.2) is 48.5 Å². The van der Waals surface area contributed by atoms with Gasteiger partial charge in [0, 0.05) is 32.7 Å². The molecule has 0 aliphatic carbocycles. The van der Waals surface area contributed by atoms with Crippen LogP contribution in [-0.4, -0.2) is 65.4 Å². The minimum absolute atomic E-state index is 0.0733. The second-order valence-corrected chi connectivity index (χ2v) is 9.02. The predicted octanol–water partition coefficient (Wildman–Crippen LogP) is 2.82. The van der Waals surface area contributed by atoms with E-state index >= 15 is 0 Å². The zero-order valence-corrected chi connectivity index (χ0v) is 18.7. The summed E-state index contributed by atoms with van der Waals surface area (Å²) in [5, 5.41) is 11.7. The lowest BCUT2D eigenvalue weighted by atomic mass is 10.0. The van der Waals surface area contributed by atoms with E-state index in [9.17, 15) is 18.8 Å². The lowest BCUT2D eigenvalue weighted by Crippen LogP contribution is -2.37. The number of carbonyl (C=O) groups excluding carboxylic acids is 2. The van der Waals surface area contributed by atoms with E-state index in [4.69, 9.17) is 16.7 Å². The largest absolute Gasteiger partial charge is 0.474 e. The van der Waals surface area contributed by atoms with Crippen LogP contribution in [0.2, 0.25) is 5.02 Å². The molecule has 2 aliphatic rings. The van der Waals surface area contributed by atoms with Gasteiger partial charge in [-0.3, -0.25) is 9.59 Å². The molecule has 3 atom stereocenters. The number of carboxylic acids is 1. The Bertz CT molecular complexity index is 1020. The molecule has 174 valence electrons. The van der Waals surface area contributed by atoms with Gasteiger partial charge in [0.15, 0.2) is 0 Å². The van der Waals surface area contributed by atoms with Crippen molar-refractivity contribution in [3.05, 3.63) is 70.5 Å². The van der Waals surface area contributed by atoms with Crippen LogP contribution in [0.25, 0.3) is 0 Å². The quantitative estimate of drug-likeness (QED) is 0.630. The third-order valence-corrected chi connectivity index (χ3v) is 6.78. The number of aliphatic carboxylic acids is 1. The summed E-state index contributed by atoms with van der Waals surface area (Å²) in [6, 6.07) is 13.1. The SMILES string of the molecule is O=C(O)C(=O)N[C@@H](CCN1CC2CN(C(=O)c3c(F)cccc3Cl)CC2C1)c1ccccc1. The standard InChI is InChI=1S/C24H25ClFN3O4/c25-18-7-4-8-19(26)21(18)23(31)29-13-16-11-28(12-17(16)14-29)10-9-20(27-22(30)24(32)33)15-5-2-1-3-6-15/h1-8,16-17,20H,9-14H2,(H,27,30)(H,32,33)/t16?,17?,20-/m0/s1. The molecule has 2 unspecified atom stereocenters. The minimum Gasteiger partial charge on any atom is -0.474 e. The summed E-state index contributed by atoms with van der Waals surface area (Å²) in [6.45, 7) is 3.34. The Morgan fingerprint density at radius 1 is 1.03 bits per heavy atom. The van der Waals surface area contributed by atoms with Gasteiger partial charge in [-0.05, 0) is 36.0 Å². The molecule has 0 aromatic heterocycles. The molecule has 0 radical (unpaired) electrons. The highest BCUT2D eigenvalue weighted by molar-refractivity contribution is 6.33. The van der Waals surface area contributed by atoms with E-state index < -0.39 is 23.7 Å². The monoisotopic (exact) mass is 473 g/mol. The minimum atomic E-state index is -1.51.